The Morgan fingerprint density at radius 3 is 2.50 bits per heavy atom. The number of rotatable bonds is 3. The molecular weight excluding hydrogens is 276 g/mol. The van der Waals surface area contributed by atoms with E-state index in [2.05, 4.69) is 11.0 Å². The summed E-state index contributed by atoms with van der Waals surface area (Å²) in [7, 11) is 0. The van der Waals surface area contributed by atoms with E-state index in [0.717, 1.165) is 24.3 Å². The molecule has 0 amide bonds. The molecule has 0 bridgehead atoms. The van der Waals surface area contributed by atoms with Crippen molar-refractivity contribution in [2.24, 2.45) is 0 Å². The molecule has 0 N–H and O–H groups in total. The van der Waals surface area contributed by atoms with Crippen molar-refractivity contribution in [2.75, 3.05) is 18.0 Å². The van der Waals surface area contributed by atoms with E-state index in [9.17, 15) is 10.1 Å². The van der Waals surface area contributed by atoms with Crippen LogP contribution in [0.15, 0.2) is 34.7 Å². The van der Waals surface area contributed by atoms with Crippen LogP contribution >= 0.6 is 0 Å². The fourth-order valence-electron chi connectivity index (χ4n) is 2.94. The van der Waals surface area contributed by atoms with E-state index in [1.54, 1.807) is 12.1 Å². The molecule has 1 saturated heterocycles. The monoisotopic (exact) mass is 294 g/mol. The van der Waals surface area contributed by atoms with Gasteiger partial charge in [-0.2, -0.15) is 5.26 Å². The third kappa shape index (κ3) is 2.89. The molecule has 1 aliphatic rings. The second-order valence-corrected chi connectivity index (χ2v) is 5.56. The molecule has 1 fully saturated rings. The first-order valence-electron chi connectivity index (χ1n) is 7.66. The number of benzene rings is 1. The second kappa shape index (κ2) is 6.48. The van der Waals surface area contributed by atoms with E-state index >= 15 is 0 Å². The molecule has 2 aromatic rings. The van der Waals surface area contributed by atoms with Crippen LogP contribution in [0.5, 0.6) is 0 Å². The standard InChI is InChI=1S/C18H18N2O2/c19-12-15-11-14(18-8-6-16(13-21)22-18)5-7-17(15)20-9-3-1-2-4-10-20/h5-8,11,13H,1-4,9-10H2. The fourth-order valence-corrected chi connectivity index (χ4v) is 2.94. The summed E-state index contributed by atoms with van der Waals surface area (Å²) in [6, 6.07) is 11.5. The van der Waals surface area contributed by atoms with E-state index in [4.69, 9.17) is 4.42 Å². The van der Waals surface area contributed by atoms with Crippen molar-refractivity contribution in [1.29, 1.82) is 5.26 Å². The number of hydrogen-bond acceptors (Lipinski definition) is 4. The Hall–Kier alpha value is -2.54. The van der Waals surface area contributed by atoms with Gasteiger partial charge in [0.05, 0.1) is 11.3 Å². The molecule has 0 radical (unpaired) electrons. The van der Waals surface area contributed by atoms with Gasteiger partial charge in [-0.05, 0) is 43.2 Å². The minimum atomic E-state index is 0.296. The predicted octanol–water partition coefficient (Wildman–Crippen LogP) is 4.01. The average molecular weight is 294 g/mol. The normalized spacial score (nSPS) is 15.1. The molecule has 3 rings (SSSR count). The summed E-state index contributed by atoms with van der Waals surface area (Å²) in [5, 5.41) is 9.48. The lowest BCUT2D eigenvalue weighted by atomic mass is 10.1. The second-order valence-electron chi connectivity index (χ2n) is 5.56. The van der Waals surface area contributed by atoms with E-state index in [-0.39, 0.29) is 0 Å². The van der Waals surface area contributed by atoms with Gasteiger partial charge in [0, 0.05) is 18.7 Å². The molecule has 0 aliphatic carbocycles. The third-order valence-corrected chi connectivity index (χ3v) is 4.09. The highest BCUT2D eigenvalue weighted by molar-refractivity contribution is 5.74. The van der Waals surface area contributed by atoms with Gasteiger partial charge in [0.2, 0.25) is 0 Å². The van der Waals surface area contributed by atoms with Gasteiger partial charge in [0.1, 0.15) is 11.8 Å². The molecular formula is C18H18N2O2. The average Bonchev–Trinajstić information content (AvgIpc) is 2.89. The lowest BCUT2D eigenvalue weighted by Gasteiger charge is -2.24. The Morgan fingerprint density at radius 1 is 1.09 bits per heavy atom. The van der Waals surface area contributed by atoms with Crippen LogP contribution < -0.4 is 4.90 Å². The highest BCUT2D eigenvalue weighted by Crippen LogP contribution is 2.29. The number of nitriles is 1. The zero-order valence-electron chi connectivity index (χ0n) is 12.4. The first-order valence-corrected chi connectivity index (χ1v) is 7.66. The molecule has 112 valence electrons. The lowest BCUT2D eigenvalue weighted by molar-refractivity contribution is 0.110. The van der Waals surface area contributed by atoms with Gasteiger partial charge in [-0.1, -0.05) is 12.8 Å². The number of anilines is 1. The molecule has 0 atom stereocenters. The number of furan rings is 1. The van der Waals surface area contributed by atoms with Gasteiger partial charge in [-0.25, -0.2) is 0 Å². The van der Waals surface area contributed by atoms with Gasteiger partial charge in [0.15, 0.2) is 12.0 Å². The highest BCUT2D eigenvalue weighted by atomic mass is 16.3. The van der Waals surface area contributed by atoms with Crippen molar-refractivity contribution in [2.45, 2.75) is 25.7 Å². The molecule has 4 nitrogen and oxygen atoms in total. The van der Waals surface area contributed by atoms with E-state index < -0.39 is 0 Å². The van der Waals surface area contributed by atoms with Gasteiger partial charge < -0.3 is 9.32 Å². The summed E-state index contributed by atoms with van der Waals surface area (Å²) in [6.45, 7) is 2.01. The molecule has 22 heavy (non-hydrogen) atoms. The Kier molecular flexibility index (Phi) is 4.24. The minimum absolute atomic E-state index is 0.296. The first-order chi connectivity index (χ1) is 10.8. The van der Waals surface area contributed by atoms with Crippen LogP contribution in [0.3, 0.4) is 0 Å². The van der Waals surface area contributed by atoms with Gasteiger partial charge in [-0.15, -0.1) is 0 Å². The number of nitrogens with zero attached hydrogens (tertiary/aromatic N) is 2. The molecule has 0 saturated carbocycles. The smallest absolute Gasteiger partial charge is 0.185 e. The van der Waals surface area contributed by atoms with Crippen molar-refractivity contribution in [3.8, 4) is 17.4 Å². The highest BCUT2D eigenvalue weighted by Gasteiger charge is 2.15. The Balaban J connectivity index is 1.93. The molecule has 2 heterocycles. The van der Waals surface area contributed by atoms with Crippen molar-refractivity contribution in [3.05, 3.63) is 41.7 Å². The van der Waals surface area contributed by atoms with Crippen LogP contribution in [-0.4, -0.2) is 19.4 Å². The summed E-state index contributed by atoms with van der Waals surface area (Å²) in [5.41, 5.74) is 2.47. The molecule has 0 unspecified atom stereocenters. The lowest BCUT2D eigenvalue weighted by Crippen LogP contribution is -2.24. The van der Waals surface area contributed by atoms with Crippen molar-refractivity contribution in [3.63, 3.8) is 0 Å². The van der Waals surface area contributed by atoms with Crippen LogP contribution in [-0.2, 0) is 0 Å². The predicted molar refractivity (Wildman–Crippen MR) is 84.9 cm³/mol. The summed E-state index contributed by atoms with van der Waals surface area (Å²) in [4.78, 5) is 13.0. The SMILES string of the molecule is N#Cc1cc(-c2ccc(C=O)o2)ccc1N1CCCCCC1. The maximum atomic E-state index is 10.7. The topological polar surface area (TPSA) is 57.2 Å². The van der Waals surface area contributed by atoms with Crippen LogP contribution in [0.2, 0.25) is 0 Å². The van der Waals surface area contributed by atoms with Crippen molar-refractivity contribution >= 4 is 12.0 Å². The minimum Gasteiger partial charge on any atom is -0.453 e. The van der Waals surface area contributed by atoms with E-state index in [1.807, 2.05) is 18.2 Å². The van der Waals surface area contributed by atoms with Crippen LogP contribution in [0.4, 0.5) is 5.69 Å². The zero-order valence-corrected chi connectivity index (χ0v) is 12.4. The first kappa shape index (κ1) is 14.4. The van der Waals surface area contributed by atoms with Crippen LogP contribution in [0, 0.1) is 11.3 Å². The summed E-state index contributed by atoms with van der Waals surface area (Å²) < 4.78 is 5.43. The number of carbonyl (C=O) groups excluding carboxylic acids is 1. The number of carbonyl (C=O) groups is 1. The number of aldehydes is 1. The van der Waals surface area contributed by atoms with Crippen LogP contribution in [0.1, 0.15) is 41.8 Å². The van der Waals surface area contributed by atoms with Gasteiger partial charge in [-0.3, -0.25) is 4.79 Å². The largest absolute Gasteiger partial charge is 0.453 e. The maximum Gasteiger partial charge on any atom is 0.185 e. The molecule has 1 aliphatic heterocycles. The Labute approximate surface area is 130 Å². The van der Waals surface area contributed by atoms with E-state index in [0.29, 0.717) is 23.4 Å². The Bertz CT molecular complexity index is 704. The van der Waals surface area contributed by atoms with Crippen LogP contribution in [0.25, 0.3) is 11.3 Å². The molecule has 1 aromatic carbocycles. The Morgan fingerprint density at radius 2 is 1.86 bits per heavy atom. The quantitative estimate of drug-likeness (QED) is 0.802. The van der Waals surface area contributed by atoms with Gasteiger partial charge in [0.25, 0.3) is 0 Å². The zero-order chi connectivity index (χ0) is 15.4. The number of hydrogen-bond donors (Lipinski definition) is 0. The van der Waals surface area contributed by atoms with Crippen molar-refractivity contribution in [1.82, 2.24) is 0 Å². The van der Waals surface area contributed by atoms with Crippen molar-refractivity contribution < 1.29 is 9.21 Å². The molecule has 0 spiro atoms. The fraction of sp³-hybridized carbons (Fsp3) is 0.333. The molecule has 4 heteroatoms. The van der Waals surface area contributed by atoms with Gasteiger partial charge >= 0.3 is 0 Å². The summed E-state index contributed by atoms with van der Waals surface area (Å²) in [6.07, 6.45) is 5.55. The third-order valence-electron chi connectivity index (χ3n) is 4.09. The maximum absolute atomic E-state index is 10.7. The summed E-state index contributed by atoms with van der Waals surface area (Å²) >= 11 is 0. The summed E-state index contributed by atoms with van der Waals surface area (Å²) in [5.74, 6) is 0.908. The molecule has 1 aromatic heterocycles. The van der Waals surface area contributed by atoms with E-state index in [1.165, 1.54) is 25.7 Å².